The van der Waals surface area contributed by atoms with Crippen LogP contribution in [0.15, 0.2) is 0 Å². The van der Waals surface area contributed by atoms with Gasteiger partial charge in [-0.25, -0.2) is 0 Å². The number of carbonyl (C=O) groups excluding carboxylic acids is 1. The third-order valence-electron chi connectivity index (χ3n) is 4.54. The summed E-state index contributed by atoms with van der Waals surface area (Å²) in [5.41, 5.74) is 5.13. The molecule has 0 amide bonds. The highest BCUT2D eigenvalue weighted by molar-refractivity contribution is 5.75. The van der Waals surface area contributed by atoms with Gasteiger partial charge in [-0.3, -0.25) is 4.79 Å². The van der Waals surface area contributed by atoms with E-state index in [9.17, 15) is 4.79 Å². The fourth-order valence-electron chi connectivity index (χ4n) is 2.76. The van der Waals surface area contributed by atoms with Crippen LogP contribution in [0.5, 0.6) is 0 Å². The SMILES string of the molecule is CCCCCCCCCCCCOC(=O)C(C)(C)CCCCN. The van der Waals surface area contributed by atoms with Crippen molar-refractivity contribution in [2.75, 3.05) is 13.2 Å². The monoisotopic (exact) mass is 327 g/mol. The van der Waals surface area contributed by atoms with Crippen molar-refractivity contribution in [3.8, 4) is 0 Å². The number of ether oxygens (including phenoxy) is 1. The predicted molar refractivity (Wildman–Crippen MR) is 99.5 cm³/mol. The number of carbonyl (C=O) groups is 1. The zero-order valence-corrected chi connectivity index (χ0v) is 16.0. The third-order valence-corrected chi connectivity index (χ3v) is 4.54. The van der Waals surface area contributed by atoms with E-state index < -0.39 is 0 Å². The molecule has 0 aromatic rings. The zero-order chi connectivity index (χ0) is 17.4. The zero-order valence-electron chi connectivity index (χ0n) is 16.0. The van der Waals surface area contributed by atoms with Crippen LogP contribution in [0.1, 0.15) is 104 Å². The van der Waals surface area contributed by atoms with Crippen LogP contribution in [0.25, 0.3) is 0 Å². The second kappa shape index (κ2) is 15.0. The first-order valence-corrected chi connectivity index (χ1v) is 9.92. The molecule has 0 rings (SSSR count). The molecule has 0 aromatic carbocycles. The van der Waals surface area contributed by atoms with Crippen LogP contribution in [-0.4, -0.2) is 19.1 Å². The van der Waals surface area contributed by atoms with Gasteiger partial charge in [-0.05, 0) is 39.7 Å². The van der Waals surface area contributed by atoms with Crippen molar-refractivity contribution in [1.82, 2.24) is 0 Å². The Hall–Kier alpha value is -0.570. The van der Waals surface area contributed by atoms with E-state index in [2.05, 4.69) is 6.92 Å². The minimum atomic E-state index is -0.367. The molecule has 23 heavy (non-hydrogen) atoms. The molecule has 0 saturated heterocycles. The van der Waals surface area contributed by atoms with Gasteiger partial charge in [0.15, 0.2) is 0 Å². The highest BCUT2D eigenvalue weighted by atomic mass is 16.5. The molecule has 0 spiro atoms. The Morgan fingerprint density at radius 3 is 1.87 bits per heavy atom. The second-order valence-corrected chi connectivity index (χ2v) is 7.45. The van der Waals surface area contributed by atoms with E-state index in [4.69, 9.17) is 10.5 Å². The largest absolute Gasteiger partial charge is 0.465 e. The maximum Gasteiger partial charge on any atom is 0.311 e. The van der Waals surface area contributed by atoms with Gasteiger partial charge in [0.1, 0.15) is 0 Å². The molecule has 0 aliphatic heterocycles. The molecule has 0 radical (unpaired) electrons. The van der Waals surface area contributed by atoms with Crippen molar-refractivity contribution in [1.29, 1.82) is 0 Å². The third kappa shape index (κ3) is 13.6. The molecule has 0 atom stereocenters. The van der Waals surface area contributed by atoms with E-state index in [0.717, 1.165) is 25.7 Å². The average Bonchev–Trinajstić information content (AvgIpc) is 2.52. The number of nitrogens with two attached hydrogens (primary N) is 1. The van der Waals surface area contributed by atoms with E-state index in [1.54, 1.807) is 0 Å². The smallest absolute Gasteiger partial charge is 0.311 e. The normalized spacial score (nSPS) is 11.7. The number of hydrogen-bond donors (Lipinski definition) is 1. The van der Waals surface area contributed by atoms with Crippen molar-refractivity contribution in [3.63, 3.8) is 0 Å². The molecule has 3 heteroatoms. The van der Waals surface area contributed by atoms with Crippen LogP contribution >= 0.6 is 0 Å². The standard InChI is InChI=1S/C20H41NO2/c1-4-5-6-7-8-9-10-11-12-15-18-23-19(22)20(2,3)16-13-14-17-21/h4-18,21H2,1-3H3. The molecule has 0 heterocycles. The van der Waals surface area contributed by atoms with Gasteiger partial charge in [-0.2, -0.15) is 0 Å². The summed E-state index contributed by atoms with van der Waals surface area (Å²) in [7, 11) is 0. The number of esters is 1. The van der Waals surface area contributed by atoms with E-state index >= 15 is 0 Å². The maximum atomic E-state index is 12.1. The van der Waals surface area contributed by atoms with E-state index in [1.807, 2.05) is 13.8 Å². The summed E-state index contributed by atoms with van der Waals surface area (Å²) in [5, 5.41) is 0. The predicted octanol–water partition coefficient (Wildman–Crippen LogP) is 5.61. The first-order chi connectivity index (χ1) is 11.0. The summed E-state index contributed by atoms with van der Waals surface area (Å²) in [5.74, 6) is -0.0505. The van der Waals surface area contributed by atoms with Crippen LogP contribution in [0.2, 0.25) is 0 Å². The second-order valence-electron chi connectivity index (χ2n) is 7.45. The van der Waals surface area contributed by atoms with Gasteiger partial charge in [0.05, 0.1) is 12.0 Å². The lowest BCUT2D eigenvalue weighted by molar-refractivity contribution is -0.154. The molecule has 0 aliphatic rings. The quantitative estimate of drug-likeness (QED) is 0.296. The molecule has 0 saturated carbocycles. The van der Waals surface area contributed by atoms with Crippen molar-refractivity contribution in [2.24, 2.45) is 11.1 Å². The topological polar surface area (TPSA) is 52.3 Å². The van der Waals surface area contributed by atoms with Crippen LogP contribution in [0, 0.1) is 5.41 Å². The van der Waals surface area contributed by atoms with E-state index in [-0.39, 0.29) is 11.4 Å². The molecular weight excluding hydrogens is 286 g/mol. The first-order valence-electron chi connectivity index (χ1n) is 9.92. The van der Waals surface area contributed by atoms with Crippen LogP contribution in [0.3, 0.4) is 0 Å². The average molecular weight is 328 g/mol. The fourth-order valence-corrected chi connectivity index (χ4v) is 2.76. The Morgan fingerprint density at radius 2 is 1.35 bits per heavy atom. The van der Waals surface area contributed by atoms with Crippen molar-refractivity contribution < 1.29 is 9.53 Å². The lowest BCUT2D eigenvalue weighted by atomic mass is 9.87. The molecule has 2 N–H and O–H groups in total. The molecule has 3 nitrogen and oxygen atoms in total. The van der Waals surface area contributed by atoms with Crippen LogP contribution in [-0.2, 0) is 9.53 Å². The Balaban J connectivity index is 3.44. The van der Waals surface area contributed by atoms with E-state index in [1.165, 1.54) is 57.8 Å². The van der Waals surface area contributed by atoms with Crippen molar-refractivity contribution >= 4 is 5.97 Å². The van der Waals surface area contributed by atoms with Crippen LogP contribution in [0.4, 0.5) is 0 Å². The Bertz CT molecular complexity index is 277. The van der Waals surface area contributed by atoms with Gasteiger partial charge in [0.2, 0.25) is 0 Å². The number of unbranched alkanes of at least 4 members (excludes halogenated alkanes) is 10. The minimum Gasteiger partial charge on any atom is -0.465 e. The molecule has 0 aromatic heterocycles. The van der Waals surface area contributed by atoms with E-state index in [0.29, 0.717) is 13.2 Å². The molecule has 138 valence electrons. The maximum absolute atomic E-state index is 12.1. The van der Waals surface area contributed by atoms with Crippen LogP contribution < -0.4 is 5.73 Å². The fraction of sp³-hybridized carbons (Fsp3) is 0.950. The molecule has 0 fully saturated rings. The van der Waals surface area contributed by atoms with Crippen molar-refractivity contribution in [3.05, 3.63) is 0 Å². The summed E-state index contributed by atoms with van der Waals surface area (Å²) < 4.78 is 5.44. The Morgan fingerprint density at radius 1 is 0.826 bits per heavy atom. The van der Waals surface area contributed by atoms with Gasteiger partial charge in [0.25, 0.3) is 0 Å². The molecule has 0 unspecified atom stereocenters. The summed E-state index contributed by atoms with van der Waals surface area (Å²) in [6.07, 6.45) is 15.8. The highest BCUT2D eigenvalue weighted by Gasteiger charge is 2.28. The summed E-state index contributed by atoms with van der Waals surface area (Å²) in [6, 6.07) is 0. The summed E-state index contributed by atoms with van der Waals surface area (Å²) in [4.78, 5) is 12.1. The van der Waals surface area contributed by atoms with Gasteiger partial charge >= 0.3 is 5.97 Å². The van der Waals surface area contributed by atoms with Crippen molar-refractivity contribution in [2.45, 2.75) is 104 Å². The van der Waals surface area contributed by atoms with Gasteiger partial charge in [-0.15, -0.1) is 0 Å². The van der Waals surface area contributed by atoms with Gasteiger partial charge < -0.3 is 10.5 Å². The number of hydrogen-bond acceptors (Lipinski definition) is 3. The molecular formula is C20H41NO2. The molecule has 0 aliphatic carbocycles. The first kappa shape index (κ1) is 22.4. The summed E-state index contributed by atoms with van der Waals surface area (Å²) >= 11 is 0. The van der Waals surface area contributed by atoms with Gasteiger partial charge in [-0.1, -0.05) is 71.1 Å². The number of rotatable bonds is 16. The lowest BCUT2D eigenvalue weighted by Crippen LogP contribution is -2.27. The highest BCUT2D eigenvalue weighted by Crippen LogP contribution is 2.25. The lowest BCUT2D eigenvalue weighted by Gasteiger charge is -2.22. The van der Waals surface area contributed by atoms with Gasteiger partial charge in [0, 0.05) is 0 Å². The summed E-state index contributed by atoms with van der Waals surface area (Å²) in [6.45, 7) is 7.49. The molecule has 0 bridgehead atoms. The Kier molecular flexibility index (Phi) is 14.6. The minimum absolute atomic E-state index is 0.0505. The Labute approximate surface area is 144 Å².